The SMILES string of the molecule is C[C@H](NC(=O)CN(Cc1ccccc1Cl)S(=O)(=O)c1ccc(Br)cc1)c1cccc(Br)c1. The second-order valence-corrected chi connectivity index (χ2v) is 11.3. The zero-order valence-electron chi connectivity index (χ0n) is 17.1. The first-order valence-corrected chi connectivity index (χ1v) is 13.1. The number of sulfonamides is 1. The van der Waals surface area contributed by atoms with Gasteiger partial charge in [-0.05, 0) is 60.5 Å². The standard InChI is InChI=1S/C23H21Br2ClN2O3S/c1-16(17-6-4-7-20(25)13-17)27-23(29)15-28(14-18-5-2-3-8-22(18)26)32(30,31)21-11-9-19(24)10-12-21/h2-13,16H,14-15H2,1H3,(H,27,29)/t16-/m0/s1. The van der Waals surface area contributed by atoms with Gasteiger partial charge in [-0.1, -0.05) is 73.8 Å². The van der Waals surface area contributed by atoms with Gasteiger partial charge in [0.15, 0.2) is 0 Å². The Morgan fingerprint density at radius 2 is 1.69 bits per heavy atom. The summed E-state index contributed by atoms with van der Waals surface area (Å²) in [5, 5.41) is 3.32. The van der Waals surface area contributed by atoms with Crippen LogP contribution in [0.15, 0.2) is 86.6 Å². The van der Waals surface area contributed by atoms with Crippen molar-refractivity contribution in [3.63, 3.8) is 0 Å². The van der Waals surface area contributed by atoms with Gasteiger partial charge in [0.25, 0.3) is 0 Å². The molecule has 1 N–H and O–H groups in total. The summed E-state index contributed by atoms with van der Waals surface area (Å²) in [7, 11) is -3.95. The Morgan fingerprint density at radius 1 is 1.00 bits per heavy atom. The summed E-state index contributed by atoms with van der Waals surface area (Å²) in [5.41, 5.74) is 1.52. The highest BCUT2D eigenvalue weighted by molar-refractivity contribution is 9.10. The van der Waals surface area contributed by atoms with Crippen LogP contribution in [0.5, 0.6) is 0 Å². The third-order valence-electron chi connectivity index (χ3n) is 4.80. The van der Waals surface area contributed by atoms with Crippen molar-refractivity contribution in [1.29, 1.82) is 0 Å². The number of halogens is 3. The summed E-state index contributed by atoms with van der Waals surface area (Å²) in [5.74, 6) is -0.412. The molecule has 1 amide bonds. The largest absolute Gasteiger partial charge is 0.348 e. The number of hydrogen-bond donors (Lipinski definition) is 1. The molecule has 1 atom stereocenters. The lowest BCUT2D eigenvalue weighted by Crippen LogP contribution is -2.41. The van der Waals surface area contributed by atoms with Crippen molar-refractivity contribution in [2.24, 2.45) is 0 Å². The number of rotatable bonds is 8. The van der Waals surface area contributed by atoms with E-state index in [0.29, 0.717) is 10.6 Å². The zero-order chi connectivity index (χ0) is 23.3. The predicted molar refractivity (Wildman–Crippen MR) is 134 cm³/mol. The molecule has 3 rings (SSSR count). The third kappa shape index (κ3) is 6.42. The fourth-order valence-electron chi connectivity index (χ4n) is 3.10. The molecule has 0 fully saturated rings. The van der Waals surface area contributed by atoms with Crippen LogP contribution < -0.4 is 5.32 Å². The minimum atomic E-state index is -3.95. The summed E-state index contributed by atoms with van der Waals surface area (Å²) in [6.07, 6.45) is 0. The summed E-state index contributed by atoms with van der Waals surface area (Å²) >= 11 is 13.0. The molecule has 0 saturated carbocycles. The maximum atomic E-state index is 13.4. The normalized spacial score (nSPS) is 12.5. The number of carbonyl (C=O) groups is 1. The van der Waals surface area contributed by atoms with Gasteiger partial charge in [0.2, 0.25) is 15.9 Å². The molecule has 3 aromatic rings. The molecule has 0 heterocycles. The molecule has 9 heteroatoms. The summed E-state index contributed by atoms with van der Waals surface area (Å²) < 4.78 is 29.5. The second-order valence-electron chi connectivity index (χ2n) is 7.16. The maximum absolute atomic E-state index is 13.4. The van der Waals surface area contributed by atoms with Crippen molar-refractivity contribution in [2.75, 3.05) is 6.54 Å². The van der Waals surface area contributed by atoms with Crippen molar-refractivity contribution < 1.29 is 13.2 Å². The lowest BCUT2D eigenvalue weighted by Gasteiger charge is -2.24. The molecule has 0 saturated heterocycles. The molecule has 0 unspecified atom stereocenters. The van der Waals surface area contributed by atoms with Crippen LogP contribution in [0.4, 0.5) is 0 Å². The van der Waals surface area contributed by atoms with E-state index >= 15 is 0 Å². The average molecular weight is 601 g/mol. The fourth-order valence-corrected chi connectivity index (χ4v) is 5.36. The molecule has 32 heavy (non-hydrogen) atoms. The molecule has 0 aliphatic rings. The van der Waals surface area contributed by atoms with E-state index in [1.807, 2.05) is 31.2 Å². The van der Waals surface area contributed by atoms with E-state index in [4.69, 9.17) is 11.6 Å². The Labute approximate surface area is 210 Å². The van der Waals surface area contributed by atoms with Crippen molar-refractivity contribution >= 4 is 59.4 Å². The Kier molecular flexibility index (Phi) is 8.52. The average Bonchev–Trinajstić information content (AvgIpc) is 2.75. The van der Waals surface area contributed by atoms with Crippen molar-refractivity contribution in [3.05, 3.63) is 97.9 Å². The van der Waals surface area contributed by atoms with E-state index in [-0.39, 0.29) is 24.0 Å². The Bertz CT molecular complexity index is 1200. The highest BCUT2D eigenvalue weighted by Crippen LogP contribution is 2.24. The van der Waals surface area contributed by atoms with Gasteiger partial charge in [-0.2, -0.15) is 4.31 Å². The molecular formula is C23H21Br2ClN2O3S. The van der Waals surface area contributed by atoms with E-state index in [0.717, 1.165) is 18.8 Å². The monoisotopic (exact) mass is 598 g/mol. The van der Waals surface area contributed by atoms with E-state index in [2.05, 4.69) is 37.2 Å². The van der Waals surface area contributed by atoms with Crippen molar-refractivity contribution in [1.82, 2.24) is 9.62 Å². The van der Waals surface area contributed by atoms with Gasteiger partial charge in [-0.15, -0.1) is 0 Å². The lowest BCUT2D eigenvalue weighted by atomic mass is 10.1. The Morgan fingerprint density at radius 3 is 2.34 bits per heavy atom. The van der Waals surface area contributed by atoms with E-state index in [1.165, 1.54) is 12.1 Å². The first kappa shape index (κ1) is 24.9. The number of benzene rings is 3. The minimum absolute atomic E-state index is 0.0310. The second kappa shape index (κ2) is 10.9. The number of hydrogen-bond acceptors (Lipinski definition) is 3. The predicted octanol–water partition coefficient (Wildman–Crippen LogP) is 5.93. The highest BCUT2D eigenvalue weighted by atomic mass is 79.9. The van der Waals surface area contributed by atoms with Gasteiger partial charge in [0.05, 0.1) is 17.5 Å². The summed E-state index contributed by atoms with van der Waals surface area (Å²) in [6.45, 7) is 1.47. The molecule has 0 aliphatic carbocycles. The van der Waals surface area contributed by atoms with E-state index in [1.54, 1.807) is 36.4 Å². The van der Waals surface area contributed by atoms with Crippen LogP contribution in [0, 0.1) is 0 Å². The van der Waals surface area contributed by atoms with Crippen LogP contribution in [0.1, 0.15) is 24.1 Å². The molecular weight excluding hydrogens is 580 g/mol. The number of nitrogens with zero attached hydrogens (tertiary/aromatic N) is 1. The van der Waals surface area contributed by atoms with Gasteiger partial charge in [-0.25, -0.2) is 8.42 Å². The molecule has 0 spiro atoms. The van der Waals surface area contributed by atoms with Gasteiger partial charge in [0, 0.05) is 20.5 Å². The molecule has 0 aromatic heterocycles. The van der Waals surface area contributed by atoms with E-state index in [9.17, 15) is 13.2 Å². The summed E-state index contributed by atoms with van der Waals surface area (Å²) in [4.78, 5) is 13.0. The third-order valence-corrected chi connectivity index (χ3v) is 8.00. The Hall–Kier alpha value is -1.71. The fraction of sp³-hybridized carbons (Fsp3) is 0.174. The first-order chi connectivity index (χ1) is 15.2. The lowest BCUT2D eigenvalue weighted by molar-refractivity contribution is -0.122. The molecule has 5 nitrogen and oxygen atoms in total. The van der Waals surface area contributed by atoms with Crippen LogP contribution in [-0.4, -0.2) is 25.2 Å². The van der Waals surface area contributed by atoms with Crippen LogP contribution in [0.25, 0.3) is 0 Å². The van der Waals surface area contributed by atoms with Gasteiger partial charge < -0.3 is 5.32 Å². The van der Waals surface area contributed by atoms with Gasteiger partial charge >= 0.3 is 0 Å². The first-order valence-electron chi connectivity index (χ1n) is 9.71. The smallest absolute Gasteiger partial charge is 0.243 e. The number of amides is 1. The van der Waals surface area contributed by atoms with Gasteiger partial charge in [-0.3, -0.25) is 4.79 Å². The molecule has 0 bridgehead atoms. The zero-order valence-corrected chi connectivity index (χ0v) is 21.9. The van der Waals surface area contributed by atoms with Crippen LogP contribution >= 0.6 is 43.5 Å². The van der Waals surface area contributed by atoms with Crippen LogP contribution in [0.3, 0.4) is 0 Å². The van der Waals surface area contributed by atoms with Gasteiger partial charge in [0.1, 0.15) is 0 Å². The molecule has 0 radical (unpaired) electrons. The number of nitrogens with one attached hydrogen (secondary N) is 1. The highest BCUT2D eigenvalue weighted by Gasteiger charge is 2.28. The van der Waals surface area contributed by atoms with E-state index < -0.39 is 15.9 Å². The maximum Gasteiger partial charge on any atom is 0.243 e. The quantitative estimate of drug-likeness (QED) is 0.349. The number of carbonyl (C=O) groups excluding carboxylic acids is 1. The summed E-state index contributed by atoms with van der Waals surface area (Å²) in [6, 6.07) is 20.6. The van der Waals surface area contributed by atoms with Crippen molar-refractivity contribution in [3.8, 4) is 0 Å². The minimum Gasteiger partial charge on any atom is -0.348 e. The Balaban J connectivity index is 1.85. The van der Waals surface area contributed by atoms with Crippen LogP contribution in [-0.2, 0) is 21.4 Å². The molecule has 168 valence electrons. The van der Waals surface area contributed by atoms with Crippen molar-refractivity contribution in [2.45, 2.75) is 24.4 Å². The molecule has 3 aromatic carbocycles. The topological polar surface area (TPSA) is 66.5 Å². The molecule has 0 aliphatic heterocycles. The van der Waals surface area contributed by atoms with Crippen LogP contribution in [0.2, 0.25) is 5.02 Å².